The molecule has 18 heavy (non-hydrogen) atoms. The van der Waals surface area contributed by atoms with Crippen LogP contribution in [0.1, 0.15) is 12.8 Å². The van der Waals surface area contributed by atoms with Gasteiger partial charge in [-0.15, -0.1) is 0 Å². The number of hydrogen-bond donors (Lipinski definition) is 1. The fourth-order valence-corrected chi connectivity index (χ4v) is 1.87. The first-order valence-corrected chi connectivity index (χ1v) is 6.06. The third-order valence-corrected chi connectivity index (χ3v) is 3.13. The van der Waals surface area contributed by atoms with Crippen LogP contribution in [0.4, 0.5) is 5.69 Å². The Morgan fingerprint density at radius 1 is 1.44 bits per heavy atom. The van der Waals surface area contributed by atoms with E-state index in [4.69, 9.17) is 10.5 Å². The molecule has 2 N–H and O–H groups in total. The molecular formula is C13H15N3O2. The van der Waals surface area contributed by atoms with Gasteiger partial charge in [-0.2, -0.15) is 0 Å². The zero-order valence-corrected chi connectivity index (χ0v) is 10.0. The molecule has 1 aromatic heterocycles. The van der Waals surface area contributed by atoms with Crippen molar-refractivity contribution in [3.8, 4) is 0 Å². The van der Waals surface area contributed by atoms with Gasteiger partial charge in [-0.25, -0.2) is 4.98 Å². The minimum Gasteiger partial charge on any atom is -0.399 e. The van der Waals surface area contributed by atoms with Crippen molar-refractivity contribution < 1.29 is 4.74 Å². The average Bonchev–Trinajstić information content (AvgIpc) is 3.17. The molecule has 94 valence electrons. The van der Waals surface area contributed by atoms with E-state index in [-0.39, 0.29) is 12.3 Å². The van der Waals surface area contributed by atoms with Gasteiger partial charge in [0, 0.05) is 5.69 Å². The number of nitrogens with zero attached hydrogens (tertiary/aromatic N) is 2. The molecule has 5 nitrogen and oxygen atoms in total. The summed E-state index contributed by atoms with van der Waals surface area (Å²) in [5, 5.41) is 0.535. The van der Waals surface area contributed by atoms with Crippen LogP contribution in [0.5, 0.6) is 0 Å². The molecule has 1 heterocycles. The first-order valence-electron chi connectivity index (χ1n) is 6.06. The number of nitrogens with two attached hydrogens (primary N) is 1. The van der Waals surface area contributed by atoms with Gasteiger partial charge in [-0.05, 0) is 37.0 Å². The first kappa shape index (κ1) is 11.2. The topological polar surface area (TPSA) is 70.1 Å². The zero-order valence-electron chi connectivity index (χ0n) is 10.0. The van der Waals surface area contributed by atoms with Gasteiger partial charge in [0.2, 0.25) is 0 Å². The quantitative estimate of drug-likeness (QED) is 0.826. The van der Waals surface area contributed by atoms with Crippen molar-refractivity contribution >= 4 is 16.6 Å². The molecule has 0 radical (unpaired) electrons. The van der Waals surface area contributed by atoms with Gasteiger partial charge in [0.15, 0.2) is 0 Å². The highest BCUT2D eigenvalue weighted by molar-refractivity contribution is 5.80. The minimum absolute atomic E-state index is 0.108. The Labute approximate surface area is 104 Å². The lowest BCUT2D eigenvalue weighted by Crippen LogP contribution is -2.22. The molecule has 0 unspecified atom stereocenters. The van der Waals surface area contributed by atoms with E-state index in [9.17, 15) is 4.79 Å². The van der Waals surface area contributed by atoms with E-state index in [1.165, 1.54) is 23.7 Å². The van der Waals surface area contributed by atoms with Crippen LogP contribution in [-0.2, 0) is 11.5 Å². The number of nitrogen functional groups attached to an aromatic ring is 1. The lowest BCUT2D eigenvalue weighted by molar-refractivity contribution is 0.0665. The lowest BCUT2D eigenvalue weighted by Gasteiger charge is -2.07. The number of rotatable bonds is 4. The second-order valence-electron chi connectivity index (χ2n) is 4.74. The SMILES string of the molecule is Nc1ccc2ncn(COCC3CC3)c(=O)c2c1. The molecule has 1 aliphatic carbocycles. The number of aromatic nitrogens is 2. The molecule has 1 fully saturated rings. The summed E-state index contributed by atoms with van der Waals surface area (Å²) in [5.41, 5.74) is 6.80. The van der Waals surface area contributed by atoms with Crippen molar-refractivity contribution in [1.82, 2.24) is 9.55 Å². The van der Waals surface area contributed by atoms with E-state index < -0.39 is 0 Å². The van der Waals surface area contributed by atoms with Crippen LogP contribution >= 0.6 is 0 Å². The summed E-state index contributed by atoms with van der Waals surface area (Å²) in [4.78, 5) is 16.4. The van der Waals surface area contributed by atoms with Gasteiger partial charge in [-0.1, -0.05) is 0 Å². The maximum Gasteiger partial charge on any atom is 0.263 e. The first-order chi connectivity index (χ1) is 8.74. The second-order valence-corrected chi connectivity index (χ2v) is 4.74. The lowest BCUT2D eigenvalue weighted by atomic mass is 10.2. The van der Waals surface area contributed by atoms with Gasteiger partial charge in [-0.3, -0.25) is 9.36 Å². The zero-order chi connectivity index (χ0) is 12.5. The number of anilines is 1. The molecule has 0 saturated heterocycles. The molecule has 0 amide bonds. The molecule has 1 aliphatic rings. The van der Waals surface area contributed by atoms with E-state index in [2.05, 4.69) is 4.98 Å². The molecule has 2 aromatic rings. The summed E-state index contributed by atoms with van der Waals surface area (Å²) in [6, 6.07) is 5.15. The molecule has 1 saturated carbocycles. The number of fused-ring (bicyclic) bond motifs is 1. The molecule has 0 spiro atoms. The summed E-state index contributed by atoms with van der Waals surface area (Å²) in [6.45, 7) is 0.981. The van der Waals surface area contributed by atoms with Crippen molar-refractivity contribution in [3.05, 3.63) is 34.9 Å². The standard InChI is InChI=1S/C13H15N3O2/c14-10-3-4-12-11(5-10)13(17)16(7-15-12)8-18-6-9-1-2-9/h3-5,7,9H,1-2,6,8,14H2. The Kier molecular flexibility index (Phi) is 2.76. The van der Waals surface area contributed by atoms with E-state index in [1.807, 2.05) is 0 Å². The number of ether oxygens (including phenoxy) is 1. The van der Waals surface area contributed by atoms with E-state index in [0.29, 0.717) is 22.5 Å². The fourth-order valence-electron chi connectivity index (χ4n) is 1.87. The van der Waals surface area contributed by atoms with Gasteiger partial charge in [0.1, 0.15) is 13.1 Å². The summed E-state index contributed by atoms with van der Waals surface area (Å²) in [5.74, 6) is 0.685. The van der Waals surface area contributed by atoms with Gasteiger partial charge >= 0.3 is 0 Å². The normalized spacial score (nSPS) is 15.1. The minimum atomic E-state index is -0.108. The molecule has 0 aliphatic heterocycles. The molecule has 5 heteroatoms. The summed E-state index contributed by atoms with van der Waals surface area (Å²) in [7, 11) is 0. The molecule has 0 atom stereocenters. The highest BCUT2D eigenvalue weighted by Gasteiger charge is 2.21. The molecule has 0 bridgehead atoms. The van der Waals surface area contributed by atoms with Crippen molar-refractivity contribution in [2.45, 2.75) is 19.6 Å². The highest BCUT2D eigenvalue weighted by Crippen LogP contribution is 2.28. The van der Waals surface area contributed by atoms with Crippen molar-refractivity contribution in [2.75, 3.05) is 12.3 Å². The Morgan fingerprint density at radius 2 is 2.28 bits per heavy atom. The van der Waals surface area contributed by atoms with Gasteiger partial charge in [0.25, 0.3) is 5.56 Å². The van der Waals surface area contributed by atoms with Crippen LogP contribution in [-0.4, -0.2) is 16.2 Å². The predicted octanol–water partition coefficient (Wildman–Crippen LogP) is 1.36. The van der Waals surface area contributed by atoms with E-state index >= 15 is 0 Å². The van der Waals surface area contributed by atoms with Crippen LogP contribution in [0.3, 0.4) is 0 Å². The van der Waals surface area contributed by atoms with Crippen LogP contribution < -0.4 is 11.3 Å². The second kappa shape index (κ2) is 4.42. The number of hydrogen-bond acceptors (Lipinski definition) is 4. The Morgan fingerprint density at radius 3 is 3.06 bits per heavy atom. The monoisotopic (exact) mass is 245 g/mol. The maximum atomic E-state index is 12.2. The Hall–Kier alpha value is -1.88. The van der Waals surface area contributed by atoms with Crippen LogP contribution in [0.2, 0.25) is 0 Å². The van der Waals surface area contributed by atoms with Crippen LogP contribution in [0, 0.1) is 5.92 Å². The van der Waals surface area contributed by atoms with Crippen LogP contribution in [0.25, 0.3) is 10.9 Å². The van der Waals surface area contributed by atoms with E-state index in [1.54, 1.807) is 18.2 Å². The Balaban J connectivity index is 1.87. The van der Waals surface area contributed by atoms with Crippen molar-refractivity contribution in [2.24, 2.45) is 5.92 Å². The molecule has 1 aromatic carbocycles. The fraction of sp³-hybridized carbons (Fsp3) is 0.385. The van der Waals surface area contributed by atoms with Crippen LogP contribution in [0.15, 0.2) is 29.3 Å². The average molecular weight is 245 g/mol. The number of benzene rings is 1. The highest BCUT2D eigenvalue weighted by atomic mass is 16.5. The third kappa shape index (κ3) is 2.22. The summed E-state index contributed by atoms with van der Waals surface area (Å²) in [6.07, 6.45) is 4.00. The molecule has 3 rings (SSSR count). The predicted molar refractivity (Wildman–Crippen MR) is 69.1 cm³/mol. The van der Waals surface area contributed by atoms with Gasteiger partial charge in [0.05, 0.1) is 17.5 Å². The maximum absolute atomic E-state index is 12.2. The largest absolute Gasteiger partial charge is 0.399 e. The summed E-state index contributed by atoms with van der Waals surface area (Å²) >= 11 is 0. The Bertz CT molecular complexity index is 632. The van der Waals surface area contributed by atoms with Crippen molar-refractivity contribution in [3.63, 3.8) is 0 Å². The van der Waals surface area contributed by atoms with Gasteiger partial charge < -0.3 is 10.5 Å². The smallest absolute Gasteiger partial charge is 0.263 e. The third-order valence-electron chi connectivity index (χ3n) is 3.13. The van der Waals surface area contributed by atoms with E-state index in [0.717, 1.165) is 6.61 Å². The van der Waals surface area contributed by atoms with Crippen molar-refractivity contribution in [1.29, 1.82) is 0 Å². The summed E-state index contributed by atoms with van der Waals surface area (Å²) < 4.78 is 6.97. The molecular weight excluding hydrogens is 230 g/mol.